The summed E-state index contributed by atoms with van der Waals surface area (Å²) >= 11 is 0. The van der Waals surface area contributed by atoms with E-state index in [1.54, 1.807) is 31.2 Å². The van der Waals surface area contributed by atoms with Crippen molar-refractivity contribution in [2.24, 2.45) is 0 Å². The minimum absolute atomic E-state index is 0.221. The van der Waals surface area contributed by atoms with Gasteiger partial charge >= 0.3 is 17.9 Å². The second kappa shape index (κ2) is 14.2. The Hall–Kier alpha value is -5.31. The highest BCUT2D eigenvalue weighted by molar-refractivity contribution is 6.02. The Kier molecular flexibility index (Phi) is 10.2. The Bertz CT molecular complexity index is 1660. The van der Waals surface area contributed by atoms with Crippen LogP contribution >= 0.6 is 0 Å². The maximum absolute atomic E-state index is 15.5. The summed E-state index contributed by atoms with van der Waals surface area (Å²) < 4.78 is 15.5. The molecule has 2 atom stereocenters. The molecule has 4 aromatic carbocycles. The van der Waals surface area contributed by atoms with Crippen molar-refractivity contribution in [3.05, 3.63) is 131 Å². The normalized spacial score (nSPS) is 12.2. The van der Waals surface area contributed by atoms with Crippen molar-refractivity contribution in [2.75, 3.05) is 6.54 Å². The van der Waals surface area contributed by atoms with Gasteiger partial charge in [-0.2, -0.15) is 0 Å². The lowest BCUT2D eigenvalue weighted by Crippen LogP contribution is -2.45. The molecule has 0 aromatic heterocycles. The summed E-state index contributed by atoms with van der Waals surface area (Å²) in [6, 6.07) is 26.5. The van der Waals surface area contributed by atoms with Crippen LogP contribution in [0.4, 0.5) is 4.39 Å². The quantitative estimate of drug-likeness (QED) is 0.168. The predicted molar refractivity (Wildman–Crippen MR) is 162 cm³/mol. The van der Waals surface area contributed by atoms with Gasteiger partial charge in [0.15, 0.2) is 0 Å². The molecule has 226 valence electrons. The van der Waals surface area contributed by atoms with Crippen molar-refractivity contribution in [2.45, 2.75) is 38.1 Å². The largest absolute Gasteiger partial charge is 0.480 e. The molecule has 0 bridgehead atoms. The molecule has 0 spiro atoms. The second-order valence-electron chi connectivity index (χ2n) is 10.6. The average molecular weight is 598 g/mol. The van der Waals surface area contributed by atoms with E-state index >= 15 is 4.39 Å². The van der Waals surface area contributed by atoms with Crippen molar-refractivity contribution in [1.29, 1.82) is 0 Å². The van der Waals surface area contributed by atoms with Crippen molar-refractivity contribution < 1.29 is 38.9 Å². The lowest BCUT2D eigenvalue weighted by atomic mass is 9.85. The van der Waals surface area contributed by atoms with Gasteiger partial charge in [-0.1, -0.05) is 78.9 Å². The second-order valence-corrected chi connectivity index (χ2v) is 10.6. The Morgan fingerprint density at radius 3 is 1.98 bits per heavy atom. The molecule has 0 aliphatic carbocycles. The van der Waals surface area contributed by atoms with Crippen LogP contribution in [0.25, 0.3) is 11.1 Å². The van der Waals surface area contributed by atoms with Gasteiger partial charge in [0.1, 0.15) is 12.4 Å². The average Bonchev–Trinajstić information content (AvgIpc) is 3.00. The number of halogens is 1. The minimum atomic E-state index is -1.46. The number of hydrogen-bond acceptors (Lipinski definition) is 4. The standard InChI is InChI=1S/C35H32FNO7/c1-22(37(21-33(39)40)32(38)19-24-13-16-29(34(41)42)30(18-24)35(43)44)27(15-12-23-8-4-2-5-9-23)26-14-17-28(31(36)20-26)25-10-6-3-7-11-25/h2-11,13-14,16-18,20,22,27H,12,15,19,21H2,1H3,(H,39,40)(H,41,42)(H,43,44)/t22-,27+/m1/s1. The van der Waals surface area contributed by atoms with Gasteiger partial charge in [-0.3, -0.25) is 9.59 Å². The van der Waals surface area contributed by atoms with E-state index in [1.165, 1.54) is 17.0 Å². The molecule has 0 saturated carbocycles. The number of aryl methyl sites for hydroxylation is 1. The molecular weight excluding hydrogens is 565 g/mol. The van der Waals surface area contributed by atoms with Crippen molar-refractivity contribution >= 4 is 23.8 Å². The third kappa shape index (κ3) is 7.74. The lowest BCUT2D eigenvalue weighted by Gasteiger charge is -2.35. The number of benzene rings is 4. The number of carbonyl (C=O) groups is 4. The van der Waals surface area contributed by atoms with Gasteiger partial charge in [0.05, 0.1) is 17.5 Å². The van der Waals surface area contributed by atoms with Crippen LogP contribution in [0.5, 0.6) is 0 Å². The summed E-state index contributed by atoms with van der Waals surface area (Å²) in [5, 5.41) is 28.5. The van der Waals surface area contributed by atoms with Crippen LogP contribution in [-0.4, -0.2) is 56.6 Å². The number of aromatic carboxylic acids is 2. The number of rotatable bonds is 13. The molecule has 0 saturated heterocycles. The van der Waals surface area contributed by atoms with Crippen LogP contribution in [-0.2, 0) is 22.4 Å². The molecule has 3 N–H and O–H groups in total. The molecule has 0 heterocycles. The molecule has 4 aromatic rings. The molecule has 9 heteroatoms. The van der Waals surface area contributed by atoms with Gasteiger partial charge in [-0.25, -0.2) is 14.0 Å². The van der Waals surface area contributed by atoms with Crippen LogP contribution in [0.2, 0.25) is 0 Å². The topological polar surface area (TPSA) is 132 Å². The van der Waals surface area contributed by atoms with E-state index in [2.05, 4.69) is 0 Å². The van der Waals surface area contributed by atoms with Crippen LogP contribution in [0.1, 0.15) is 56.7 Å². The number of carboxylic acid groups (broad SMARTS) is 3. The maximum atomic E-state index is 15.5. The lowest BCUT2D eigenvalue weighted by molar-refractivity contribution is -0.146. The van der Waals surface area contributed by atoms with E-state index in [0.717, 1.165) is 17.7 Å². The number of carbonyl (C=O) groups excluding carboxylic acids is 1. The number of hydrogen-bond donors (Lipinski definition) is 3. The Morgan fingerprint density at radius 1 is 0.750 bits per heavy atom. The molecule has 1 amide bonds. The van der Waals surface area contributed by atoms with Crippen molar-refractivity contribution in [3.8, 4) is 11.1 Å². The number of carboxylic acids is 3. The van der Waals surface area contributed by atoms with E-state index < -0.39 is 59.3 Å². The summed E-state index contributed by atoms with van der Waals surface area (Å²) in [5.74, 6) is -5.62. The molecule has 0 fully saturated rings. The van der Waals surface area contributed by atoms with E-state index in [1.807, 2.05) is 48.5 Å². The zero-order valence-electron chi connectivity index (χ0n) is 24.0. The summed E-state index contributed by atoms with van der Waals surface area (Å²) in [6.07, 6.45) is 0.714. The summed E-state index contributed by atoms with van der Waals surface area (Å²) in [4.78, 5) is 49.9. The molecule has 0 radical (unpaired) electrons. The van der Waals surface area contributed by atoms with Gasteiger partial charge in [0.25, 0.3) is 0 Å². The third-order valence-corrected chi connectivity index (χ3v) is 7.69. The summed E-state index contributed by atoms with van der Waals surface area (Å²) in [5.41, 5.74) is 2.08. The minimum Gasteiger partial charge on any atom is -0.480 e. The molecule has 8 nitrogen and oxygen atoms in total. The molecule has 0 aliphatic rings. The van der Waals surface area contributed by atoms with Crippen molar-refractivity contribution in [3.63, 3.8) is 0 Å². The number of amides is 1. The summed E-state index contributed by atoms with van der Waals surface area (Å²) in [7, 11) is 0. The Balaban J connectivity index is 1.68. The first-order valence-electron chi connectivity index (χ1n) is 14.0. The predicted octanol–water partition coefficient (Wildman–Crippen LogP) is 6.15. The Labute approximate surface area is 254 Å². The van der Waals surface area contributed by atoms with Crippen LogP contribution in [0.3, 0.4) is 0 Å². The highest BCUT2D eigenvalue weighted by Crippen LogP contribution is 2.33. The van der Waals surface area contributed by atoms with E-state index in [9.17, 15) is 34.5 Å². The first-order chi connectivity index (χ1) is 21.0. The van der Waals surface area contributed by atoms with Gasteiger partial charge in [-0.05, 0) is 60.2 Å². The number of aliphatic carboxylic acids is 1. The first kappa shape index (κ1) is 31.6. The van der Waals surface area contributed by atoms with E-state index in [-0.39, 0.29) is 12.0 Å². The third-order valence-electron chi connectivity index (χ3n) is 7.69. The van der Waals surface area contributed by atoms with Gasteiger partial charge in [0.2, 0.25) is 5.91 Å². The van der Waals surface area contributed by atoms with Crippen LogP contribution < -0.4 is 0 Å². The Morgan fingerprint density at radius 2 is 1.39 bits per heavy atom. The number of nitrogens with zero attached hydrogens (tertiary/aromatic N) is 1. The molecule has 0 aliphatic heterocycles. The first-order valence-corrected chi connectivity index (χ1v) is 14.0. The highest BCUT2D eigenvalue weighted by Gasteiger charge is 2.31. The summed E-state index contributed by atoms with van der Waals surface area (Å²) in [6.45, 7) is 1.08. The van der Waals surface area contributed by atoms with E-state index in [4.69, 9.17) is 0 Å². The molecular formula is C35H32FNO7. The zero-order chi connectivity index (χ0) is 31.8. The molecule has 0 unspecified atom stereocenters. The fourth-order valence-corrected chi connectivity index (χ4v) is 5.43. The molecule has 44 heavy (non-hydrogen) atoms. The van der Waals surface area contributed by atoms with Crippen molar-refractivity contribution in [1.82, 2.24) is 4.90 Å². The van der Waals surface area contributed by atoms with Gasteiger partial charge in [0, 0.05) is 17.5 Å². The maximum Gasteiger partial charge on any atom is 0.336 e. The molecule has 4 rings (SSSR count). The van der Waals surface area contributed by atoms with Gasteiger partial charge in [-0.15, -0.1) is 0 Å². The van der Waals surface area contributed by atoms with Crippen LogP contribution in [0, 0.1) is 5.82 Å². The fourth-order valence-electron chi connectivity index (χ4n) is 5.43. The SMILES string of the molecule is C[C@H]([C@H](CCc1ccccc1)c1ccc(-c2ccccc2)c(F)c1)N(CC(=O)O)C(=O)Cc1ccc(C(=O)O)c(C(=O)O)c1. The van der Waals surface area contributed by atoms with Gasteiger partial charge < -0.3 is 20.2 Å². The highest BCUT2D eigenvalue weighted by atomic mass is 19.1. The fraction of sp³-hybridized carbons (Fsp3) is 0.200. The zero-order valence-corrected chi connectivity index (χ0v) is 24.0. The van der Waals surface area contributed by atoms with Crippen LogP contribution in [0.15, 0.2) is 97.1 Å². The monoisotopic (exact) mass is 597 g/mol. The smallest absolute Gasteiger partial charge is 0.336 e. The van der Waals surface area contributed by atoms with E-state index in [0.29, 0.717) is 29.5 Å².